The van der Waals surface area contributed by atoms with Gasteiger partial charge in [-0.15, -0.1) is 0 Å². The number of dihydropyridines is 1. The van der Waals surface area contributed by atoms with Gasteiger partial charge in [0.2, 0.25) is 5.91 Å². The van der Waals surface area contributed by atoms with Crippen molar-refractivity contribution >= 4 is 22.1 Å². The van der Waals surface area contributed by atoms with Gasteiger partial charge in [-0.1, -0.05) is 60.2 Å². The number of aliphatic imine (C=N–C) groups is 1. The molecule has 5 rings (SSSR count). The third-order valence-electron chi connectivity index (χ3n) is 6.14. The lowest BCUT2D eigenvalue weighted by molar-refractivity contribution is -0.132. The van der Waals surface area contributed by atoms with Gasteiger partial charge >= 0.3 is 0 Å². The predicted octanol–water partition coefficient (Wildman–Crippen LogP) is 2.63. The number of carbonyl (C=O) groups is 1. The number of carbonyl (C=O) groups excluding carboxylic acids is 1. The third-order valence-corrected chi connectivity index (χ3v) is 7.90. The van der Waals surface area contributed by atoms with Crippen LogP contribution < -0.4 is 5.43 Å². The van der Waals surface area contributed by atoms with Crippen LogP contribution in [-0.4, -0.2) is 42.1 Å². The van der Waals surface area contributed by atoms with Gasteiger partial charge in [0.25, 0.3) is 10.0 Å². The van der Waals surface area contributed by atoms with Crippen LogP contribution in [-0.2, 0) is 21.4 Å². The monoisotopic (exact) mass is 448 g/mol. The van der Waals surface area contributed by atoms with Gasteiger partial charge in [0.05, 0.1) is 23.4 Å². The van der Waals surface area contributed by atoms with Crippen molar-refractivity contribution in [3.63, 3.8) is 0 Å². The number of aryl methyl sites for hydroxylation is 1. The number of hydrazine groups is 1. The zero-order chi connectivity index (χ0) is 22.3. The summed E-state index contributed by atoms with van der Waals surface area (Å²) in [5.41, 5.74) is 5.34. The number of rotatable bonds is 4. The molecule has 8 heteroatoms. The number of allylic oxidation sites excluding steroid dienone is 1. The van der Waals surface area contributed by atoms with E-state index in [0.717, 1.165) is 11.1 Å². The molecule has 0 saturated carbocycles. The smallest absolute Gasteiger partial charge is 0.265 e. The Hall–Kier alpha value is -3.23. The van der Waals surface area contributed by atoms with Crippen LogP contribution in [0.2, 0.25) is 0 Å². The van der Waals surface area contributed by atoms with Crippen molar-refractivity contribution in [3.8, 4) is 0 Å². The molecule has 7 nitrogen and oxygen atoms in total. The molecule has 2 aromatic rings. The van der Waals surface area contributed by atoms with E-state index in [1.54, 1.807) is 41.6 Å². The number of fused-ring (bicyclic) bond motifs is 3. The Bertz CT molecular complexity index is 1210. The van der Waals surface area contributed by atoms with Gasteiger partial charge in [0.15, 0.2) is 0 Å². The molecule has 0 bridgehead atoms. The van der Waals surface area contributed by atoms with Crippen LogP contribution in [0.25, 0.3) is 0 Å². The molecule has 3 aliphatic heterocycles. The standard InChI is InChI=1S/C24H24N4O3S/c1-17-9-11-19(12-10-17)32(30,31)28-15-13-21-22(20-8-5-14-25-23(20)28)26-27(24(21)29)16-18-6-3-2-4-7-18/h2-15,20-23,26H,16H2,1H3. The second kappa shape index (κ2) is 8.03. The van der Waals surface area contributed by atoms with E-state index >= 15 is 0 Å². The number of sulfonamides is 1. The summed E-state index contributed by atoms with van der Waals surface area (Å²) in [6, 6.07) is 16.2. The Morgan fingerprint density at radius 1 is 1.03 bits per heavy atom. The van der Waals surface area contributed by atoms with E-state index in [1.807, 2.05) is 49.4 Å². The molecule has 1 fully saturated rings. The van der Waals surface area contributed by atoms with Crippen LogP contribution in [0.4, 0.5) is 0 Å². The lowest BCUT2D eigenvalue weighted by Gasteiger charge is -2.34. The molecule has 1 N–H and O–H groups in total. The maximum atomic E-state index is 13.5. The fraction of sp³-hybridized carbons (Fsp3) is 0.250. The minimum absolute atomic E-state index is 0.0774. The van der Waals surface area contributed by atoms with Gasteiger partial charge in [-0.05, 0) is 30.7 Å². The number of hydrogen-bond acceptors (Lipinski definition) is 5. The van der Waals surface area contributed by atoms with Crippen LogP contribution >= 0.6 is 0 Å². The SMILES string of the molecule is Cc1ccc(S(=O)(=O)N2C=CC3C(=O)N(Cc4ccccc4)NC3C3C=CC=NC32)cc1. The second-order valence-corrected chi connectivity index (χ2v) is 10.1. The summed E-state index contributed by atoms with van der Waals surface area (Å²) in [7, 11) is -3.84. The Labute approximate surface area is 187 Å². The van der Waals surface area contributed by atoms with Gasteiger partial charge in [-0.2, -0.15) is 0 Å². The van der Waals surface area contributed by atoms with Gasteiger partial charge in [0, 0.05) is 18.3 Å². The quantitative estimate of drug-likeness (QED) is 0.780. The molecule has 0 aliphatic carbocycles. The number of amides is 1. The summed E-state index contributed by atoms with van der Waals surface area (Å²) >= 11 is 0. The normalized spacial score (nSPS) is 26.7. The molecule has 2 aromatic carbocycles. The van der Waals surface area contributed by atoms with Gasteiger partial charge < -0.3 is 0 Å². The number of nitrogens with zero attached hydrogens (tertiary/aromatic N) is 3. The molecule has 3 heterocycles. The maximum absolute atomic E-state index is 13.5. The maximum Gasteiger partial charge on any atom is 0.265 e. The molecule has 0 aromatic heterocycles. The molecule has 164 valence electrons. The van der Waals surface area contributed by atoms with E-state index in [9.17, 15) is 13.2 Å². The highest BCUT2D eigenvalue weighted by molar-refractivity contribution is 7.89. The zero-order valence-corrected chi connectivity index (χ0v) is 18.4. The molecular formula is C24H24N4O3S. The van der Waals surface area contributed by atoms with Crippen molar-refractivity contribution in [1.29, 1.82) is 0 Å². The van der Waals surface area contributed by atoms with Crippen LogP contribution in [0.3, 0.4) is 0 Å². The molecule has 1 amide bonds. The second-order valence-electron chi connectivity index (χ2n) is 8.25. The number of benzene rings is 2. The summed E-state index contributed by atoms with van der Waals surface area (Å²) in [5, 5.41) is 1.63. The van der Waals surface area contributed by atoms with E-state index in [4.69, 9.17) is 0 Å². The first-order chi connectivity index (χ1) is 15.4. The molecule has 4 unspecified atom stereocenters. The van der Waals surface area contributed by atoms with E-state index in [0.29, 0.717) is 6.54 Å². The summed E-state index contributed by atoms with van der Waals surface area (Å²) in [6.45, 7) is 2.35. The Balaban J connectivity index is 1.48. The van der Waals surface area contributed by atoms with Gasteiger partial charge in [-0.3, -0.25) is 14.8 Å². The minimum Gasteiger partial charge on any atom is -0.273 e. The fourth-order valence-electron chi connectivity index (χ4n) is 4.45. The highest BCUT2D eigenvalue weighted by atomic mass is 32.2. The summed E-state index contributed by atoms with van der Waals surface area (Å²) in [6.07, 6.45) is 7.90. The average Bonchev–Trinajstić information content (AvgIpc) is 3.00. The fourth-order valence-corrected chi connectivity index (χ4v) is 5.88. The van der Waals surface area contributed by atoms with Crippen LogP contribution in [0.5, 0.6) is 0 Å². The van der Waals surface area contributed by atoms with E-state index < -0.39 is 22.1 Å². The molecule has 4 atom stereocenters. The molecule has 32 heavy (non-hydrogen) atoms. The topological polar surface area (TPSA) is 82.1 Å². The highest BCUT2D eigenvalue weighted by Crippen LogP contribution is 2.36. The van der Waals surface area contributed by atoms with Crippen molar-refractivity contribution in [2.24, 2.45) is 16.8 Å². The third kappa shape index (κ3) is 3.55. The first-order valence-electron chi connectivity index (χ1n) is 10.6. The lowest BCUT2D eigenvalue weighted by Crippen LogP contribution is -2.48. The van der Waals surface area contributed by atoms with Crippen LogP contribution in [0.15, 0.2) is 88.9 Å². The molecular weight excluding hydrogens is 424 g/mol. The van der Waals surface area contributed by atoms with Crippen molar-refractivity contribution in [1.82, 2.24) is 14.7 Å². The van der Waals surface area contributed by atoms with E-state index in [2.05, 4.69) is 10.4 Å². The molecule has 1 saturated heterocycles. The summed E-state index contributed by atoms with van der Waals surface area (Å²) in [4.78, 5) is 17.9. The van der Waals surface area contributed by atoms with Crippen molar-refractivity contribution < 1.29 is 13.2 Å². The first-order valence-corrected chi connectivity index (χ1v) is 12.0. The Morgan fingerprint density at radius 2 is 1.78 bits per heavy atom. The van der Waals surface area contributed by atoms with Crippen LogP contribution in [0, 0.1) is 18.8 Å². The van der Waals surface area contributed by atoms with Gasteiger partial charge in [-0.25, -0.2) is 18.1 Å². The van der Waals surface area contributed by atoms with E-state index in [1.165, 1.54) is 10.5 Å². The van der Waals surface area contributed by atoms with Crippen LogP contribution in [0.1, 0.15) is 11.1 Å². The lowest BCUT2D eigenvalue weighted by atomic mass is 9.87. The predicted molar refractivity (Wildman–Crippen MR) is 122 cm³/mol. The average molecular weight is 449 g/mol. The van der Waals surface area contributed by atoms with Gasteiger partial charge in [0.1, 0.15) is 6.17 Å². The summed E-state index contributed by atoms with van der Waals surface area (Å²) in [5.74, 6) is -0.862. The van der Waals surface area contributed by atoms with E-state index in [-0.39, 0.29) is 22.8 Å². The Morgan fingerprint density at radius 3 is 2.53 bits per heavy atom. The summed E-state index contributed by atoms with van der Waals surface area (Å²) < 4.78 is 28.2. The number of hydrogen-bond donors (Lipinski definition) is 1. The largest absolute Gasteiger partial charge is 0.273 e. The molecule has 0 spiro atoms. The van der Waals surface area contributed by atoms with Crippen molar-refractivity contribution in [3.05, 3.63) is 90.2 Å². The highest BCUT2D eigenvalue weighted by Gasteiger charge is 2.49. The zero-order valence-electron chi connectivity index (χ0n) is 17.6. The molecule has 0 radical (unpaired) electrons. The minimum atomic E-state index is -3.84. The molecule has 3 aliphatic rings. The van der Waals surface area contributed by atoms with Crippen molar-refractivity contribution in [2.45, 2.75) is 30.6 Å². The Kier molecular flexibility index (Phi) is 5.19. The number of nitrogens with one attached hydrogen (secondary N) is 1. The first kappa shape index (κ1) is 20.7. The van der Waals surface area contributed by atoms with Crippen molar-refractivity contribution in [2.75, 3.05) is 0 Å².